The Morgan fingerprint density at radius 2 is 1.91 bits per heavy atom. The van der Waals surface area contributed by atoms with E-state index in [0.29, 0.717) is 12.0 Å². The number of halogens is 3. The lowest BCUT2D eigenvalue weighted by atomic mass is 10.1. The monoisotopic (exact) mass is 307 g/mol. The Bertz CT molecular complexity index is 682. The van der Waals surface area contributed by atoms with Crippen molar-refractivity contribution in [2.45, 2.75) is 26.4 Å². The Morgan fingerprint density at radius 3 is 2.55 bits per heavy atom. The lowest BCUT2D eigenvalue weighted by Gasteiger charge is -2.10. The number of nitrogens with one attached hydrogen (secondary N) is 1. The SMILES string of the molecule is Cc1ccc(C(=O)NC2=CCC=CC(C(F)(F)F)=C2)cc1C. The highest BCUT2D eigenvalue weighted by molar-refractivity contribution is 5.95. The maximum Gasteiger partial charge on any atom is 0.416 e. The van der Waals surface area contributed by atoms with Crippen LogP contribution in [0.5, 0.6) is 0 Å². The fourth-order valence-corrected chi connectivity index (χ4v) is 2.01. The summed E-state index contributed by atoms with van der Waals surface area (Å²) in [6, 6.07) is 5.18. The van der Waals surface area contributed by atoms with Crippen LogP contribution >= 0.6 is 0 Å². The quantitative estimate of drug-likeness (QED) is 0.864. The molecule has 116 valence electrons. The summed E-state index contributed by atoms with van der Waals surface area (Å²) in [7, 11) is 0. The number of aryl methyl sites for hydroxylation is 2. The Balaban J connectivity index is 2.20. The van der Waals surface area contributed by atoms with E-state index >= 15 is 0 Å². The number of amides is 1. The molecule has 5 heteroatoms. The van der Waals surface area contributed by atoms with Crippen LogP contribution in [0.4, 0.5) is 13.2 Å². The molecule has 0 aliphatic heterocycles. The average molecular weight is 307 g/mol. The third-order valence-corrected chi connectivity index (χ3v) is 3.44. The van der Waals surface area contributed by atoms with Crippen LogP contribution in [0.15, 0.2) is 53.8 Å². The summed E-state index contributed by atoms with van der Waals surface area (Å²) in [6.45, 7) is 3.80. The van der Waals surface area contributed by atoms with Crippen molar-refractivity contribution in [2.24, 2.45) is 0 Å². The molecule has 0 bridgehead atoms. The molecule has 22 heavy (non-hydrogen) atoms. The highest BCUT2D eigenvalue weighted by Crippen LogP contribution is 2.28. The van der Waals surface area contributed by atoms with Gasteiger partial charge in [0.1, 0.15) is 0 Å². The van der Waals surface area contributed by atoms with E-state index in [1.54, 1.807) is 18.2 Å². The van der Waals surface area contributed by atoms with Gasteiger partial charge >= 0.3 is 6.18 Å². The van der Waals surface area contributed by atoms with E-state index in [1.165, 1.54) is 6.08 Å². The molecule has 1 amide bonds. The molecular formula is C17H16F3NO. The van der Waals surface area contributed by atoms with Crippen molar-refractivity contribution < 1.29 is 18.0 Å². The summed E-state index contributed by atoms with van der Waals surface area (Å²) >= 11 is 0. The van der Waals surface area contributed by atoms with Gasteiger partial charge in [-0.2, -0.15) is 13.2 Å². The van der Waals surface area contributed by atoms with Gasteiger partial charge in [-0.1, -0.05) is 24.3 Å². The standard InChI is InChI=1S/C17H16F3NO/c1-11-7-8-13(9-12(11)2)16(22)21-15-6-4-3-5-14(10-15)17(18,19)20/h3,5-10H,4H2,1-2H3,(H,21,22). The minimum atomic E-state index is -4.44. The molecule has 1 aromatic rings. The van der Waals surface area contributed by atoms with Crippen LogP contribution in [0.2, 0.25) is 0 Å². The van der Waals surface area contributed by atoms with Gasteiger partial charge in [0.05, 0.1) is 5.57 Å². The van der Waals surface area contributed by atoms with Crippen molar-refractivity contribution >= 4 is 5.91 Å². The summed E-state index contributed by atoms with van der Waals surface area (Å²) in [5, 5.41) is 2.53. The summed E-state index contributed by atoms with van der Waals surface area (Å²) in [6.07, 6.45) is 0.820. The predicted molar refractivity (Wildman–Crippen MR) is 79.4 cm³/mol. The van der Waals surface area contributed by atoms with Crippen LogP contribution in [0.3, 0.4) is 0 Å². The van der Waals surface area contributed by atoms with Gasteiger partial charge in [0.15, 0.2) is 0 Å². The number of benzene rings is 1. The molecule has 0 heterocycles. The van der Waals surface area contributed by atoms with Gasteiger partial charge in [0.2, 0.25) is 0 Å². The topological polar surface area (TPSA) is 29.1 Å². The molecule has 1 aliphatic carbocycles. The van der Waals surface area contributed by atoms with Gasteiger partial charge in [0, 0.05) is 11.3 Å². The molecule has 1 aromatic carbocycles. The first-order chi connectivity index (χ1) is 10.3. The van der Waals surface area contributed by atoms with Crippen molar-refractivity contribution in [1.29, 1.82) is 0 Å². The zero-order valence-electron chi connectivity index (χ0n) is 12.3. The molecule has 2 nitrogen and oxygen atoms in total. The number of alkyl halides is 3. The first kappa shape index (κ1) is 16.1. The van der Waals surface area contributed by atoms with Crippen LogP contribution in [-0.4, -0.2) is 12.1 Å². The van der Waals surface area contributed by atoms with Crippen LogP contribution in [-0.2, 0) is 0 Å². The zero-order chi connectivity index (χ0) is 16.3. The van der Waals surface area contributed by atoms with Crippen molar-refractivity contribution in [1.82, 2.24) is 5.32 Å². The number of allylic oxidation sites excluding steroid dienone is 5. The lowest BCUT2D eigenvalue weighted by molar-refractivity contribution is -0.0882. The van der Waals surface area contributed by atoms with E-state index in [-0.39, 0.29) is 5.70 Å². The molecule has 0 fully saturated rings. The smallest absolute Gasteiger partial charge is 0.322 e. The summed E-state index contributed by atoms with van der Waals surface area (Å²) in [5.74, 6) is -0.422. The molecular weight excluding hydrogens is 291 g/mol. The van der Waals surface area contributed by atoms with Crippen molar-refractivity contribution in [3.8, 4) is 0 Å². The van der Waals surface area contributed by atoms with Gasteiger partial charge in [-0.3, -0.25) is 4.79 Å². The summed E-state index contributed by atoms with van der Waals surface area (Å²) < 4.78 is 38.4. The predicted octanol–water partition coefficient (Wildman–Crippen LogP) is 4.37. The largest absolute Gasteiger partial charge is 0.416 e. The maximum absolute atomic E-state index is 12.8. The molecule has 1 N–H and O–H groups in total. The van der Waals surface area contributed by atoms with E-state index in [4.69, 9.17) is 0 Å². The molecule has 1 aliphatic rings. The van der Waals surface area contributed by atoms with Crippen molar-refractivity contribution in [3.63, 3.8) is 0 Å². The number of hydrogen-bond donors (Lipinski definition) is 1. The second-order valence-electron chi connectivity index (χ2n) is 5.15. The molecule has 0 unspecified atom stereocenters. The van der Waals surface area contributed by atoms with E-state index in [2.05, 4.69) is 5.32 Å². The highest BCUT2D eigenvalue weighted by atomic mass is 19.4. The number of carbonyl (C=O) groups excluding carboxylic acids is 1. The van der Waals surface area contributed by atoms with Gasteiger partial charge in [-0.25, -0.2) is 0 Å². The molecule has 0 radical (unpaired) electrons. The normalized spacial score (nSPS) is 15.0. The molecule has 0 saturated carbocycles. The molecule has 0 aromatic heterocycles. The van der Waals surface area contributed by atoms with Crippen LogP contribution in [0, 0.1) is 13.8 Å². The second kappa shape index (κ2) is 6.22. The van der Waals surface area contributed by atoms with Crippen LogP contribution in [0.25, 0.3) is 0 Å². The minimum Gasteiger partial charge on any atom is -0.322 e. The van der Waals surface area contributed by atoms with E-state index < -0.39 is 17.7 Å². The second-order valence-corrected chi connectivity index (χ2v) is 5.15. The average Bonchev–Trinajstić information content (AvgIpc) is 2.67. The molecule has 0 saturated heterocycles. The van der Waals surface area contributed by atoms with E-state index in [1.807, 2.05) is 19.9 Å². The Morgan fingerprint density at radius 1 is 1.18 bits per heavy atom. The molecule has 0 atom stereocenters. The summed E-state index contributed by atoms with van der Waals surface area (Å²) in [4.78, 5) is 12.2. The lowest BCUT2D eigenvalue weighted by Crippen LogP contribution is -2.23. The molecule has 0 spiro atoms. The number of carbonyl (C=O) groups is 1. The minimum absolute atomic E-state index is 0.153. The summed E-state index contributed by atoms with van der Waals surface area (Å²) in [5.41, 5.74) is 1.80. The number of hydrogen-bond acceptors (Lipinski definition) is 1. The third-order valence-electron chi connectivity index (χ3n) is 3.44. The van der Waals surface area contributed by atoms with Gasteiger partial charge < -0.3 is 5.32 Å². The van der Waals surface area contributed by atoms with Crippen molar-refractivity contribution in [3.05, 3.63) is 70.5 Å². The maximum atomic E-state index is 12.8. The van der Waals surface area contributed by atoms with Gasteiger partial charge in [-0.15, -0.1) is 0 Å². The fourth-order valence-electron chi connectivity index (χ4n) is 2.01. The Hall–Kier alpha value is -2.30. The number of rotatable bonds is 2. The zero-order valence-corrected chi connectivity index (χ0v) is 12.3. The molecule has 2 rings (SSSR count). The Labute approximate surface area is 127 Å². The first-order valence-electron chi connectivity index (χ1n) is 6.81. The van der Waals surface area contributed by atoms with Crippen LogP contribution in [0.1, 0.15) is 27.9 Å². The third kappa shape index (κ3) is 3.87. The fraction of sp³-hybridized carbons (Fsp3) is 0.235. The van der Waals surface area contributed by atoms with Crippen LogP contribution < -0.4 is 5.32 Å². The Kier molecular flexibility index (Phi) is 4.54. The van der Waals surface area contributed by atoms with E-state index in [0.717, 1.165) is 23.3 Å². The van der Waals surface area contributed by atoms with Gasteiger partial charge in [0.25, 0.3) is 5.91 Å². The van der Waals surface area contributed by atoms with E-state index in [9.17, 15) is 18.0 Å². The first-order valence-corrected chi connectivity index (χ1v) is 6.81. The van der Waals surface area contributed by atoms with Crippen molar-refractivity contribution in [2.75, 3.05) is 0 Å². The van der Waals surface area contributed by atoms with Gasteiger partial charge in [-0.05, 0) is 49.6 Å². The highest BCUT2D eigenvalue weighted by Gasteiger charge is 2.32.